The van der Waals surface area contributed by atoms with E-state index in [-0.39, 0.29) is 22.5 Å². The Bertz CT molecular complexity index is 866. The van der Waals surface area contributed by atoms with Crippen molar-refractivity contribution < 1.29 is 14.2 Å². The Kier molecular flexibility index (Phi) is 3.38. The molecule has 0 aliphatic heterocycles. The van der Waals surface area contributed by atoms with E-state index in [1.54, 1.807) is 30.3 Å². The molecule has 0 aliphatic carbocycles. The monoisotopic (exact) mass is 317 g/mol. The van der Waals surface area contributed by atoms with Crippen LogP contribution in [0.5, 0.6) is 5.75 Å². The number of halogens is 1. The molecule has 0 spiro atoms. The first-order valence-corrected chi connectivity index (χ1v) is 6.79. The molecule has 0 unspecified atom stereocenters. The predicted molar refractivity (Wildman–Crippen MR) is 83.3 cm³/mol. The summed E-state index contributed by atoms with van der Waals surface area (Å²) in [5.74, 6) is 0.305. The molecule has 0 aliphatic rings. The lowest BCUT2D eigenvalue weighted by molar-refractivity contribution is -0.609. The Hall–Kier alpha value is -2.73. The largest absolute Gasteiger partial charge is 0.710 e. The van der Waals surface area contributed by atoms with Crippen molar-refractivity contribution in [2.24, 2.45) is 0 Å². The van der Waals surface area contributed by atoms with Gasteiger partial charge in [0.1, 0.15) is 5.75 Å². The Labute approximate surface area is 131 Å². The average molecular weight is 318 g/mol. The van der Waals surface area contributed by atoms with Gasteiger partial charge in [0.05, 0.1) is 18.7 Å². The van der Waals surface area contributed by atoms with Crippen LogP contribution in [0.4, 0.5) is 5.82 Å². The summed E-state index contributed by atoms with van der Waals surface area (Å²) in [5, 5.41) is 25.5. The standard InChI is InChI=1S/C15H12ClN3O3/c1-22-11-6-7-12-13(8-11)18(20)14(15(17)19(12)21)9-2-4-10(16)5-3-9/h2-8H,17H2,1H3. The summed E-state index contributed by atoms with van der Waals surface area (Å²) in [6.07, 6.45) is 0. The molecule has 112 valence electrons. The quantitative estimate of drug-likeness (QED) is 0.578. The first kappa shape index (κ1) is 14.2. The molecule has 3 aromatic rings. The fourth-order valence-electron chi connectivity index (χ4n) is 2.29. The molecule has 0 bridgehead atoms. The maximum absolute atomic E-state index is 12.7. The van der Waals surface area contributed by atoms with Crippen molar-refractivity contribution in [1.29, 1.82) is 0 Å². The molecule has 7 heteroatoms. The summed E-state index contributed by atoms with van der Waals surface area (Å²) in [7, 11) is 1.49. The van der Waals surface area contributed by atoms with Crippen molar-refractivity contribution in [3.05, 3.63) is 57.9 Å². The number of benzene rings is 2. The van der Waals surface area contributed by atoms with Gasteiger partial charge in [-0.3, -0.25) is 5.73 Å². The van der Waals surface area contributed by atoms with Gasteiger partial charge in [-0.25, -0.2) is 4.73 Å². The Balaban J connectivity index is 2.37. The second-order valence-electron chi connectivity index (χ2n) is 4.68. The zero-order valence-corrected chi connectivity index (χ0v) is 12.4. The van der Waals surface area contributed by atoms with Gasteiger partial charge in [-0.05, 0) is 36.4 Å². The topological polar surface area (TPSA) is 89.1 Å². The Morgan fingerprint density at radius 1 is 1.00 bits per heavy atom. The number of nitrogens with zero attached hydrogens (tertiary/aromatic N) is 2. The molecule has 0 saturated carbocycles. The number of methoxy groups -OCH3 is 1. The second-order valence-corrected chi connectivity index (χ2v) is 5.12. The third kappa shape index (κ3) is 2.14. The normalized spacial score (nSPS) is 10.8. The fraction of sp³-hybridized carbons (Fsp3) is 0.0667. The maximum Gasteiger partial charge on any atom is 0.351 e. The molecular weight excluding hydrogens is 306 g/mol. The highest BCUT2D eigenvalue weighted by molar-refractivity contribution is 6.30. The van der Waals surface area contributed by atoms with Crippen molar-refractivity contribution in [2.45, 2.75) is 0 Å². The van der Waals surface area contributed by atoms with E-state index in [0.29, 0.717) is 25.8 Å². The van der Waals surface area contributed by atoms with Crippen LogP contribution in [0.2, 0.25) is 5.02 Å². The third-order valence-electron chi connectivity index (χ3n) is 3.40. The summed E-state index contributed by atoms with van der Waals surface area (Å²) in [6.45, 7) is 0. The van der Waals surface area contributed by atoms with Gasteiger partial charge in [0.25, 0.3) is 5.52 Å². The molecule has 1 aromatic heterocycles. The van der Waals surface area contributed by atoms with Gasteiger partial charge in [0.15, 0.2) is 0 Å². The van der Waals surface area contributed by atoms with Crippen molar-refractivity contribution in [3.63, 3.8) is 0 Å². The van der Waals surface area contributed by atoms with E-state index < -0.39 is 0 Å². The molecule has 3 rings (SSSR count). The third-order valence-corrected chi connectivity index (χ3v) is 3.65. The van der Waals surface area contributed by atoms with E-state index in [0.717, 1.165) is 0 Å². The molecule has 0 atom stereocenters. The molecule has 0 fully saturated rings. The molecule has 0 saturated heterocycles. The van der Waals surface area contributed by atoms with Crippen LogP contribution in [0.15, 0.2) is 42.5 Å². The Morgan fingerprint density at radius 2 is 1.68 bits per heavy atom. The molecule has 2 N–H and O–H groups in total. The summed E-state index contributed by atoms with van der Waals surface area (Å²) in [6, 6.07) is 11.1. The van der Waals surface area contributed by atoms with Gasteiger partial charge < -0.3 is 15.2 Å². The molecule has 0 amide bonds. The van der Waals surface area contributed by atoms with Crippen LogP contribution in [-0.4, -0.2) is 7.11 Å². The van der Waals surface area contributed by atoms with Crippen LogP contribution in [0.25, 0.3) is 22.3 Å². The molecule has 6 nitrogen and oxygen atoms in total. The number of hydrogen-bond acceptors (Lipinski definition) is 4. The van der Waals surface area contributed by atoms with E-state index in [1.165, 1.54) is 19.2 Å². The fourth-order valence-corrected chi connectivity index (χ4v) is 2.41. The summed E-state index contributed by atoms with van der Waals surface area (Å²) in [5.41, 5.74) is 6.78. The van der Waals surface area contributed by atoms with E-state index >= 15 is 0 Å². The zero-order chi connectivity index (χ0) is 15.9. The number of aromatic nitrogens is 2. The first-order chi connectivity index (χ1) is 10.5. The second kappa shape index (κ2) is 5.23. The number of anilines is 1. The van der Waals surface area contributed by atoms with Crippen molar-refractivity contribution in [1.82, 2.24) is 0 Å². The van der Waals surface area contributed by atoms with Gasteiger partial charge in [-0.2, -0.15) is 4.73 Å². The van der Waals surface area contributed by atoms with Crippen molar-refractivity contribution in [3.8, 4) is 17.0 Å². The number of rotatable bonds is 2. The number of fused-ring (bicyclic) bond motifs is 1. The molecule has 0 radical (unpaired) electrons. The van der Waals surface area contributed by atoms with Crippen LogP contribution in [-0.2, 0) is 0 Å². The first-order valence-electron chi connectivity index (χ1n) is 6.41. The van der Waals surface area contributed by atoms with Crippen LogP contribution < -0.4 is 19.9 Å². The lowest BCUT2D eigenvalue weighted by Gasteiger charge is -2.14. The van der Waals surface area contributed by atoms with Crippen LogP contribution in [0, 0.1) is 10.4 Å². The Morgan fingerprint density at radius 3 is 2.32 bits per heavy atom. The van der Waals surface area contributed by atoms with E-state index in [1.807, 2.05) is 0 Å². The minimum Gasteiger partial charge on any atom is -0.710 e. The number of nitrogen functional groups attached to an aromatic ring is 1. The minimum absolute atomic E-state index is 0.0763. The summed E-state index contributed by atoms with van der Waals surface area (Å²) in [4.78, 5) is 0. The van der Waals surface area contributed by atoms with Crippen molar-refractivity contribution in [2.75, 3.05) is 12.8 Å². The van der Waals surface area contributed by atoms with Gasteiger partial charge in [-0.15, -0.1) is 0 Å². The molecule has 1 heterocycles. The molecular formula is C15H12ClN3O3. The number of ether oxygens (including phenoxy) is 1. The van der Waals surface area contributed by atoms with Crippen LogP contribution >= 0.6 is 11.6 Å². The lowest BCUT2D eigenvalue weighted by atomic mass is 10.1. The van der Waals surface area contributed by atoms with E-state index in [9.17, 15) is 10.4 Å². The van der Waals surface area contributed by atoms with Crippen molar-refractivity contribution >= 4 is 28.5 Å². The number of nitrogens with two attached hydrogens (primary N) is 1. The summed E-state index contributed by atoms with van der Waals surface area (Å²) >= 11 is 5.84. The summed E-state index contributed by atoms with van der Waals surface area (Å²) < 4.78 is 6.26. The average Bonchev–Trinajstić information content (AvgIpc) is 2.54. The molecule has 2 aromatic carbocycles. The van der Waals surface area contributed by atoms with E-state index in [4.69, 9.17) is 22.1 Å². The zero-order valence-electron chi connectivity index (χ0n) is 11.6. The number of hydrogen-bond donors (Lipinski definition) is 1. The SMILES string of the molecule is COc1ccc2c(c1)[n+]([O-])c(-c1ccc(Cl)cc1)c(N)[n+]2[O-]. The van der Waals surface area contributed by atoms with Gasteiger partial charge in [0, 0.05) is 5.02 Å². The highest BCUT2D eigenvalue weighted by Crippen LogP contribution is 2.25. The van der Waals surface area contributed by atoms with Gasteiger partial charge >= 0.3 is 11.5 Å². The highest BCUT2D eigenvalue weighted by atomic mass is 35.5. The minimum atomic E-state index is -0.171. The van der Waals surface area contributed by atoms with Gasteiger partial charge in [0.2, 0.25) is 5.52 Å². The molecule has 22 heavy (non-hydrogen) atoms. The maximum atomic E-state index is 12.7. The van der Waals surface area contributed by atoms with Crippen LogP contribution in [0.1, 0.15) is 0 Å². The van der Waals surface area contributed by atoms with E-state index in [2.05, 4.69) is 0 Å². The highest BCUT2D eigenvalue weighted by Gasteiger charge is 2.25. The predicted octanol–water partition coefficient (Wildman–Crippen LogP) is 2.02. The lowest BCUT2D eigenvalue weighted by Crippen LogP contribution is -2.42. The smallest absolute Gasteiger partial charge is 0.351 e. The van der Waals surface area contributed by atoms with Gasteiger partial charge in [-0.1, -0.05) is 11.6 Å². The van der Waals surface area contributed by atoms with Crippen LogP contribution in [0.3, 0.4) is 0 Å².